The molecule has 106 valence electrons. The zero-order valence-corrected chi connectivity index (χ0v) is 12.0. The summed E-state index contributed by atoms with van der Waals surface area (Å²) in [6.07, 6.45) is 0.650. The third-order valence-corrected chi connectivity index (χ3v) is 3.56. The first kappa shape index (κ1) is 15.6. The zero-order chi connectivity index (χ0) is 14.7. The minimum atomic E-state index is -0.738. The fourth-order valence-electron chi connectivity index (χ4n) is 2.20. The third kappa shape index (κ3) is 3.30. The summed E-state index contributed by atoms with van der Waals surface area (Å²) in [6.45, 7) is 4.02. The average molecular weight is 267 g/mol. The van der Waals surface area contributed by atoms with E-state index < -0.39 is 11.7 Å². The van der Waals surface area contributed by atoms with Crippen molar-refractivity contribution in [2.45, 2.75) is 26.3 Å². The van der Waals surface area contributed by atoms with Crippen LogP contribution in [0.4, 0.5) is 4.39 Å². The fourth-order valence-corrected chi connectivity index (χ4v) is 2.20. The number of hydrogen-bond acceptors (Lipinski definition) is 3. The van der Waals surface area contributed by atoms with Crippen LogP contribution in [0.3, 0.4) is 0 Å². The van der Waals surface area contributed by atoms with E-state index in [2.05, 4.69) is 0 Å². The van der Waals surface area contributed by atoms with Gasteiger partial charge >= 0.3 is 0 Å². The molecule has 0 aliphatic carbocycles. The van der Waals surface area contributed by atoms with Gasteiger partial charge < -0.3 is 16.4 Å². The fraction of sp³-hybridized carbons (Fsp3) is 0.500. The second-order valence-corrected chi connectivity index (χ2v) is 5.08. The Morgan fingerprint density at radius 2 is 2.00 bits per heavy atom. The van der Waals surface area contributed by atoms with Crippen LogP contribution in [0.5, 0.6) is 0 Å². The molecule has 0 saturated carbocycles. The van der Waals surface area contributed by atoms with Gasteiger partial charge in [-0.1, -0.05) is 0 Å². The number of rotatable bonds is 5. The number of halogens is 1. The molecule has 0 fully saturated rings. The van der Waals surface area contributed by atoms with Crippen molar-refractivity contribution < 1.29 is 9.18 Å². The first-order valence-corrected chi connectivity index (χ1v) is 6.24. The van der Waals surface area contributed by atoms with E-state index in [9.17, 15) is 9.18 Å². The van der Waals surface area contributed by atoms with Crippen LogP contribution in [0.1, 0.15) is 27.0 Å². The standard InChI is InChI=1S/C14H22FN3O/c1-8-5-12(14(17)19)13(15)9(2)11(8)6-10(7-16)18(3)4/h5,10H,6-7,16H2,1-4H3,(H2,17,19)/t10-/m0/s1. The molecular weight excluding hydrogens is 245 g/mol. The molecule has 0 spiro atoms. The molecule has 0 aromatic heterocycles. The smallest absolute Gasteiger partial charge is 0.251 e. The van der Waals surface area contributed by atoms with Gasteiger partial charge in [-0.05, 0) is 57.1 Å². The zero-order valence-electron chi connectivity index (χ0n) is 12.0. The summed E-state index contributed by atoms with van der Waals surface area (Å²) in [5.74, 6) is -1.26. The van der Waals surface area contributed by atoms with Gasteiger partial charge in [0.2, 0.25) is 0 Å². The molecule has 0 heterocycles. The van der Waals surface area contributed by atoms with Crippen molar-refractivity contribution in [1.82, 2.24) is 4.90 Å². The largest absolute Gasteiger partial charge is 0.366 e. The second kappa shape index (κ2) is 6.12. The number of primary amides is 1. The summed E-state index contributed by atoms with van der Waals surface area (Å²) in [5.41, 5.74) is 13.1. The molecule has 0 aliphatic heterocycles. The number of nitrogens with zero attached hydrogens (tertiary/aromatic N) is 1. The maximum Gasteiger partial charge on any atom is 0.251 e. The lowest BCUT2D eigenvalue weighted by molar-refractivity contribution is 0.0996. The second-order valence-electron chi connectivity index (χ2n) is 5.08. The van der Waals surface area contributed by atoms with Crippen LogP contribution >= 0.6 is 0 Å². The van der Waals surface area contributed by atoms with E-state index in [1.807, 2.05) is 25.9 Å². The Morgan fingerprint density at radius 3 is 2.42 bits per heavy atom. The molecule has 0 aliphatic rings. The molecule has 1 rings (SSSR count). The van der Waals surface area contributed by atoms with Gasteiger partial charge in [0.15, 0.2) is 0 Å². The summed E-state index contributed by atoms with van der Waals surface area (Å²) < 4.78 is 14.1. The first-order valence-electron chi connectivity index (χ1n) is 6.24. The van der Waals surface area contributed by atoms with Gasteiger partial charge in [-0.15, -0.1) is 0 Å². The molecule has 1 amide bonds. The van der Waals surface area contributed by atoms with Gasteiger partial charge in [0, 0.05) is 12.6 Å². The molecule has 0 saturated heterocycles. The van der Waals surface area contributed by atoms with Crippen molar-refractivity contribution in [3.05, 3.63) is 34.1 Å². The Morgan fingerprint density at radius 1 is 1.42 bits per heavy atom. The molecular formula is C14H22FN3O. The Labute approximate surface area is 113 Å². The molecule has 0 radical (unpaired) electrons. The maximum absolute atomic E-state index is 14.1. The van der Waals surface area contributed by atoms with E-state index in [4.69, 9.17) is 11.5 Å². The SMILES string of the molecule is Cc1cc(C(N)=O)c(F)c(C)c1C[C@@H](CN)N(C)C. The molecule has 5 heteroatoms. The summed E-state index contributed by atoms with van der Waals surface area (Å²) in [6, 6.07) is 1.65. The summed E-state index contributed by atoms with van der Waals surface area (Å²) in [5, 5.41) is 0. The lowest BCUT2D eigenvalue weighted by atomic mass is 9.93. The van der Waals surface area contributed by atoms with Crippen LogP contribution in [-0.2, 0) is 6.42 Å². The topological polar surface area (TPSA) is 72.3 Å². The van der Waals surface area contributed by atoms with Crippen LogP contribution in [0.25, 0.3) is 0 Å². The number of hydrogen-bond donors (Lipinski definition) is 2. The van der Waals surface area contributed by atoms with Crippen LogP contribution < -0.4 is 11.5 Å². The highest BCUT2D eigenvalue weighted by Gasteiger charge is 2.19. The lowest BCUT2D eigenvalue weighted by Crippen LogP contribution is -2.37. The highest BCUT2D eigenvalue weighted by atomic mass is 19.1. The number of nitrogens with two attached hydrogens (primary N) is 2. The van der Waals surface area contributed by atoms with Crippen LogP contribution in [0.2, 0.25) is 0 Å². The third-order valence-electron chi connectivity index (χ3n) is 3.56. The molecule has 1 atom stereocenters. The molecule has 1 aromatic carbocycles. The predicted molar refractivity (Wildman–Crippen MR) is 74.6 cm³/mol. The Balaban J connectivity index is 3.23. The van der Waals surface area contributed by atoms with Crippen molar-refractivity contribution >= 4 is 5.91 Å². The number of carbonyl (C=O) groups is 1. The quantitative estimate of drug-likeness (QED) is 0.835. The molecule has 0 bridgehead atoms. The molecule has 0 unspecified atom stereocenters. The van der Waals surface area contributed by atoms with Gasteiger partial charge in [0.1, 0.15) is 5.82 Å². The van der Waals surface area contributed by atoms with Crippen molar-refractivity contribution in [3.8, 4) is 0 Å². The predicted octanol–water partition coefficient (Wildman–Crippen LogP) is 0.973. The summed E-state index contributed by atoms with van der Waals surface area (Å²) in [7, 11) is 3.88. The monoisotopic (exact) mass is 267 g/mol. The Hall–Kier alpha value is -1.46. The van der Waals surface area contributed by atoms with Crippen LogP contribution in [-0.4, -0.2) is 37.5 Å². The van der Waals surface area contributed by atoms with E-state index in [1.54, 1.807) is 6.92 Å². The van der Waals surface area contributed by atoms with E-state index in [0.717, 1.165) is 11.1 Å². The van der Waals surface area contributed by atoms with Crippen molar-refractivity contribution in [3.63, 3.8) is 0 Å². The van der Waals surface area contributed by atoms with E-state index in [1.165, 1.54) is 6.07 Å². The molecule has 1 aromatic rings. The maximum atomic E-state index is 14.1. The van der Waals surface area contributed by atoms with Gasteiger partial charge in [-0.3, -0.25) is 4.79 Å². The molecule has 4 nitrogen and oxygen atoms in total. The number of aryl methyl sites for hydroxylation is 1. The minimum absolute atomic E-state index is 0.0482. The van der Waals surface area contributed by atoms with Crippen LogP contribution in [0, 0.1) is 19.7 Å². The average Bonchev–Trinajstić information content (AvgIpc) is 2.33. The summed E-state index contributed by atoms with van der Waals surface area (Å²) in [4.78, 5) is 13.2. The van der Waals surface area contributed by atoms with Crippen molar-refractivity contribution in [2.24, 2.45) is 11.5 Å². The van der Waals surface area contributed by atoms with E-state index in [0.29, 0.717) is 18.5 Å². The van der Waals surface area contributed by atoms with Gasteiger partial charge in [-0.25, -0.2) is 4.39 Å². The van der Waals surface area contributed by atoms with E-state index >= 15 is 0 Å². The number of carbonyl (C=O) groups excluding carboxylic acids is 1. The number of likely N-dealkylation sites (N-methyl/N-ethyl adjacent to an activating group) is 1. The van der Waals surface area contributed by atoms with Crippen LogP contribution in [0.15, 0.2) is 6.07 Å². The highest BCUT2D eigenvalue weighted by molar-refractivity contribution is 5.93. The Kier molecular flexibility index (Phi) is 5.03. The van der Waals surface area contributed by atoms with Crippen molar-refractivity contribution in [1.29, 1.82) is 0 Å². The first-order chi connectivity index (χ1) is 8.79. The number of amides is 1. The normalized spacial score (nSPS) is 12.8. The van der Waals surface area contributed by atoms with E-state index in [-0.39, 0.29) is 11.6 Å². The van der Waals surface area contributed by atoms with Gasteiger partial charge in [0.25, 0.3) is 5.91 Å². The van der Waals surface area contributed by atoms with Gasteiger partial charge in [0.05, 0.1) is 5.56 Å². The Bertz CT molecular complexity index is 486. The van der Waals surface area contributed by atoms with Gasteiger partial charge in [-0.2, -0.15) is 0 Å². The lowest BCUT2D eigenvalue weighted by Gasteiger charge is -2.25. The highest BCUT2D eigenvalue weighted by Crippen LogP contribution is 2.23. The summed E-state index contributed by atoms with van der Waals surface area (Å²) >= 11 is 0. The minimum Gasteiger partial charge on any atom is -0.366 e. The molecule has 4 N–H and O–H groups in total. The van der Waals surface area contributed by atoms with Crippen molar-refractivity contribution in [2.75, 3.05) is 20.6 Å². The molecule has 19 heavy (non-hydrogen) atoms. The number of benzene rings is 1.